The second-order valence-electron chi connectivity index (χ2n) is 4.45. The highest BCUT2D eigenvalue weighted by atomic mass is 32.2. The van der Waals surface area contributed by atoms with Crippen molar-refractivity contribution in [3.05, 3.63) is 57.5 Å². The lowest BCUT2D eigenvalue weighted by atomic mass is 10.1. The highest BCUT2D eigenvalue weighted by molar-refractivity contribution is 8.04. The van der Waals surface area contributed by atoms with Gasteiger partial charge in [0.2, 0.25) is 0 Å². The van der Waals surface area contributed by atoms with Crippen LogP contribution in [0.4, 0.5) is 5.69 Å². The number of benzene rings is 1. The zero-order chi connectivity index (χ0) is 16.3. The van der Waals surface area contributed by atoms with Crippen LogP contribution in [0.25, 0.3) is 5.57 Å². The number of carbonyl (C=O) groups is 2. The van der Waals surface area contributed by atoms with Crippen LogP contribution in [-0.4, -0.2) is 33.9 Å². The Morgan fingerprint density at radius 2 is 1.91 bits per heavy atom. The molecule has 0 aliphatic carbocycles. The first kappa shape index (κ1) is 16.0. The van der Waals surface area contributed by atoms with Gasteiger partial charge >= 0.3 is 0 Å². The average Bonchev–Trinajstić information content (AvgIpc) is 2.73. The fourth-order valence-electron chi connectivity index (χ4n) is 2.13. The van der Waals surface area contributed by atoms with Crippen molar-refractivity contribution in [3.63, 3.8) is 0 Å². The van der Waals surface area contributed by atoms with Crippen molar-refractivity contribution in [2.75, 3.05) is 12.3 Å². The van der Waals surface area contributed by atoms with Crippen molar-refractivity contribution < 1.29 is 14.5 Å². The van der Waals surface area contributed by atoms with E-state index in [0.29, 0.717) is 21.8 Å². The van der Waals surface area contributed by atoms with Crippen molar-refractivity contribution >= 4 is 34.8 Å². The van der Waals surface area contributed by atoms with Crippen LogP contribution < -0.4 is 0 Å². The van der Waals surface area contributed by atoms with Gasteiger partial charge in [0.15, 0.2) is 0 Å². The molecule has 1 aromatic rings. The largest absolute Gasteiger partial charge is 0.270 e. The first-order valence-electron chi connectivity index (χ1n) is 6.60. The lowest BCUT2D eigenvalue weighted by molar-refractivity contribution is -0.384. The van der Waals surface area contributed by atoms with Gasteiger partial charge in [0.25, 0.3) is 17.5 Å². The van der Waals surface area contributed by atoms with Crippen LogP contribution in [0.15, 0.2) is 41.8 Å². The lowest BCUT2D eigenvalue weighted by Crippen LogP contribution is -2.31. The average molecular weight is 318 g/mol. The molecule has 114 valence electrons. The molecule has 0 aromatic heterocycles. The van der Waals surface area contributed by atoms with Crippen LogP contribution in [0.3, 0.4) is 0 Å². The molecule has 1 aromatic carbocycles. The summed E-state index contributed by atoms with van der Waals surface area (Å²) in [4.78, 5) is 36.5. The molecule has 1 heterocycles. The van der Waals surface area contributed by atoms with Crippen molar-refractivity contribution in [1.82, 2.24) is 4.90 Å². The van der Waals surface area contributed by atoms with E-state index in [0.717, 1.165) is 4.90 Å². The number of hydrogen-bond donors (Lipinski definition) is 0. The van der Waals surface area contributed by atoms with Gasteiger partial charge in [-0.3, -0.25) is 24.6 Å². The normalized spacial score (nSPS) is 14.7. The van der Waals surface area contributed by atoms with Crippen LogP contribution in [0, 0.1) is 10.1 Å². The van der Waals surface area contributed by atoms with Crippen LogP contribution >= 0.6 is 11.8 Å². The van der Waals surface area contributed by atoms with E-state index in [9.17, 15) is 19.7 Å². The Morgan fingerprint density at radius 3 is 2.41 bits per heavy atom. The number of hydrogen-bond acceptors (Lipinski definition) is 5. The summed E-state index contributed by atoms with van der Waals surface area (Å²) in [6, 6.07) is 5.63. The smallest absolute Gasteiger partial charge is 0.269 e. The lowest BCUT2D eigenvalue weighted by Gasteiger charge is -2.11. The molecule has 2 amide bonds. The second-order valence-corrected chi connectivity index (χ2v) is 5.72. The van der Waals surface area contributed by atoms with E-state index in [1.807, 2.05) is 6.92 Å². The van der Waals surface area contributed by atoms with E-state index >= 15 is 0 Å². The number of imide groups is 1. The third-order valence-corrected chi connectivity index (χ3v) is 4.05. The first-order valence-corrected chi connectivity index (χ1v) is 7.58. The predicted molar refractivity (Wildman–Crippen MR) is 85.1 cm³/mol. The third-order valence-electron chi connectivity index (χ3n) is 3.09. The summed E-state index contributed by atoms with van der Waals surface area (Å²) in [6.07, 6.45) is 1.49. The molecular weight excluding hydrogens is 304 g/mol. The van der Waals surface area contributed by atoms with E-state index in [4.69, 9.17) is 0 Å². The molecular formula is C15H14N2O4S. The molecule has 6 nitrogen and oxygen atoms in total. The molecule has 0 spiro atoms. The molecule has 1 aliphatic rings. The summed E-state index contributed by atoms with van der Waals surface area (Å²) < 4.78 is 0. The maximum atomic E-state index is 12.5. The Hall–Kier alpha value is -2.41. The fraction of sp³-hybridized carbons (Fsp3) is 0.200. The molecule has 0 saturated heterocycles. The monoisotopic (exact) mass is 318 g/mol. The summed E-state index contributed by atoms with van der Waals surface area (Å²) in [6.45, 7) is 5.58. The number of non-ortho nitro benzene ring substituents is 1. The minimum absolute atomic E-state index is 0.0613. The van der Waals surface area contributed by atoms with Crippen LogP contribution in [0.5, 0.6) is 0 Å². The number of rotatable bonds is 6. The molecule has 0 radical (unpaired) electrons. The Balaban J connectivity index is 2.47. The van der Waals surface area contributed by atoms with Gasteiger partial charge in [-0.1, -0.05) is 13.0 Å². The zero-order valence-corrected chi connectivity index (χ0v) is 12.8. The molecule has 22 heavy (non-hydrogen) atoms. The summed E-state index contributed by atoms with van der Waals surface area (Å²) in [5.41, 5.74) is 0.744. The highest BCUT2D eigenvalue weighted by Gasteiger charge is 2.38. The summed E-state index contributed by atoms with van der Waals surface area (Å²) >= 11 is 1.29. The minimum atomic E-state index is -0.508. The van der Waals surface area contributed by atoms with E-state index < -0.39 is 10.8 Å². The number of thioether (sulfide) groups is 1. The number of nitrogens with zero attached hydrogens (tertiary/aromatic N) is 2. The molecule has 0 fully saturated rings. The van der Waals surface area contributed by atoms with Gasteiger partial charge in [0, 0.05) is 18.7 Å². The van der Waals surface area contributed by atoms with Crippen molar-refractivity contribution in [2.45, 2.75) is 6.92 Å². The van der Waals surface area contributed by atoms with Gasteiger partial charge in [0.1, 0.15) is 0 Å². The molecule has 0 saturated carbocycles. The van der Waals surface area contributed by atoms with Crippen LogP contribution in [0.1, 0.15) is 12.5 Å². The van der Waals surface area contributed by atoms with Gasteiger partial charge in [-0.25, -0.2) is 0 Å². The van der Waals surface area contributed by atoms with Crippen LogP contribution in [-0.2, 0) is 9.59 Å². The number of carbonyl (C=O) groups excluding carboxylic acids is 2. The van der Waals surface area contributed by atoms with Gasteiger partial charge in [0.05, 0.1) is 15.4 Å². The van der Waals surface area contributed by atoms with E-state index in [1.54, 1.807) is 0 Å². The van der Waals surface area contributed by atoms with Gasteiger partial charge in [-0.15, -0.1) is 18.3 Å². The number of nitro groups is 1. The molecule has 0 atom stereocenters. The summed E-state index contributed by atoms with van der Waals surface area (Å²) in [5.74, 6) is -0.0907. The molecule has 1 aliphatic heterocycles. The molecule has 0 N–H and O–H groups in total. The van der Waals surface area contributed by atoms with Crippen molar-refractivity contribution in [2.24, 2.45) is 0 Å². The molecule has 7 heteroatoms. The van der Waals surface area contributed by atoms with Crippen molar-refractivity contribution in [1.29, 1.82) is 0 Å². The topological polar surface area (TPSA) is 80.5 Å². The highest BCUT2D eigenvalue weighted by Crippen LogP contribution is 2.36. The standard InChI is InChI=1S/C15H14N2O4S/c1-3-9-16-14(18)12(13(15(16)19)22-4-2)10-5-7-11(8-6-10)17(20)21/h3,5-8H,1,4,9H2,2H3. The quantitative estimate of drug-likeness (QED) is 0.348. The van der Waals surface area contributed by atoms with E-state index in [-0.39, 0.29) is 18.1 Å². The first-order chi connectivity index (χ1) is 10.5. The Labute approximate surface area is 131 Å². The SMILES string of the molecule is C=CCN1C(=O)C(SCC)=C(c2ccc([N+](=O)[O-])cc2)C1=O. The van der Waals surface area contributed by atoms with Gasteiger partial charge in [-0.05, 0) is 23.4 Å². The molecule has 2 rings (SSSR count). The third kappa shape index (κ3) is 2.80. The molecule has 0 bridgehead atoms. The number of amides is 2. The molecule has 0 unspecified atom stereocenters. The second kappa shape index (κ2) is 6.57. The Morgan fingerprint density at radius 1 is 1.27 bits per heavy atom. The Bertz CT molecular complexity index is 679. The van der Waals surface area contributed by atoms with Crippen molar-refractivity contribution in [3.8, 4) is 0 Å². The Kier molecular flexibility index (Phi) is 4.77. The van der Waals surface area contributed by atoms with E-state index in [2.05, 4.69) is 6.58 Å². The maximum absolute atomic E-state index is 12.5. The van der Waals surface area contributed by atoms with Gasteiger partial charge < -0.3 is 0 Å². The van der Waals surface area contributed by atoms with Gasteiger partial charge in [-0.2, -0.15) is 0 Å². The zero-order valence-electron chi connectivity index (χ0n) is 11.9. The van der Waals surface area contributed by atoms with Crippen LogP contribution in [0.2, 0.25) is 0 Å². The van der Waals surface area contributed by atoms with E-state index in [1.165, 1.54) is 42.1 Å². The maximum Gasteiger partial charge on any atom is 0.269 e. The summed E-state index contributed by atoms with van der Waals surface area (Å²) in [7, 11) is 0. The predicted octanol–water partition coefficient (Wildman–Crippen LogP) is 2.61. The summed E-state index contributed by atoms with van der Waals surface area (Å²) in [5, 5.41) is 10.7. The fourth-order valence-corrected chi connectivity index (χ4v) is 3.00. The number of nitro benzene ring substituents is 1. The minimum Gasteiger partial charge on any atom is -0.270 e.